The van der Waals surface area contributed by atoms with E-state index in [1.54, 1.807) is 0 Å². The summed E-state index contributed by atoms with van der Waals surface area (Å²) in [6.07, 6.45) is 2.01. The molecule has 1 heterocycles. The lowest BCUT2D eigenvalue weighted by atomic mass is 9.98. The average Bonchev–Trinajstić information content (AvgIpc) is 3.00. The minimum atomic E-state index is 0.992. The van der Waals surface area contributed by atoms with Gasteiger partial charge in [-0.15, -0.1) is 0 Å². The Morgan fingerprint density at radius 3 is 1.33 bits per heavy atom. The molecule has 0 aliphatic heterocycles. The highest BCUT2D eigenvalue weighted by atomic mass is 14.6. The Hall–Kier alpha value is -5.01. The van der Waals surface area contributed by atoms with Gasteiger partial charge in [-0.1, -0.05) is 91.0 Å². The molecule has 0 saturated carbocycles. The van der Waals surface area contributed by atoms with Gasteiger partial charge in [0.15, 0.2) is 0 Å². The highest BCUT2D eigenvalue weighted by molar-refractivity contribution is 6.12. The molecule has 39 heavy (non-hydrogen) atoms. The van der Waals surface area contributed by atoms with E-state index in [0.29, 0.717) is 0 Å². The lowest BCUT2D eigenvalue weighted by molar-refractivity contribution is 1.36. The van der Waals surface area contributed by atoms with Crippen molar-refractivity contribution in [2.24, 2.45) is 0 Å². The highest BCUT2D eigenvalue weighted by Crippen LogP contribution is 2.31. The zero-order chi connectivity index (χ0) is 25.9. The molecule has 7 aromatic carbocycles. The van der Waals surface area contributed by atoms with Gasteiger partial charge in [0.05, 0.1) is 5.52 Å². The Bertz CT molecular complexity index is 2350. The first-order valence-electron chi connectivity index (χ1n) is 13.4. The van der Waals surface area contributed by atoms with E-state index in [2.05, 4.69) is 134 Å². The third-order valence-electron chi connectivity index (χ3n) is 8.14. The van der Waals surface area contributed by atoms with Gasteiger partial charge in [0, 0.05) is 11.6 Å². The topological polar surface area (TPSA) is 12.9 Å². The first-order chi connectivity index (χ1) is 19.2. The Morgan fingerprint density at radius 1 is 0.359 bits per heavy atom. The van der Waals surface area contributed by atoms with Crippen LogP contribution in [0.4, 0.5) is 0 Å². The van der Waals surface area contributed by atoms with Crippen LogP contribution in [-0.4, -0.2) is 4.98 Å². The second kappa shape index (κ2) is 8.51. The van der Waals surface area contributed by atoms with Crippen molar-refractivity contribution in [1.82, 2.24) is 4.98 Å². The lowest BCUT2D eigenvalue weighted by Crippen LogP contribution is -1.83. The van der Waals surface area contributed by atoms with Crippen molar-refractivity contribution >= 4 is 75.5 Å². The second-order valence-electron chi connectivity index (χ2n) is 10.6. The van der Waals surface area contributed by atoms with Gasteiger partial charge in [0.2, 0.25) is 0 Å². The lowest BCUT2D eigenvalue weighted by Gasteiger charge is -2.07. The molecule has 8 aromatic rings. The molecular formula is C38H25N. The fourth-order valence-electron chi connectivity index (χ4n) is 6.00. The van der Waals surface area contributed by atoms with Crippen LogP contribution in [0.5, 0.6) is 0 Å². The van der Waals surface area contributed by atoms with Crippen molar-refractivity contribution in [2.45, 2.75) is 6.92 Å². The largest absolute Gasteiger partial charge is 0.256 e. The third kappa shape index (κ3) is 3.66. The minimum Gasteiger partial charge on any atom is -0.256 e. The molecule has 0 unspecified atom stereocenters. The summed E-state index contributed by atoms with van der Waals surface area (Å²) < 4.78 is 0. The van der Waals surface area contributed by atoms with E-state index in [1.165, 1.54) is 70.2 Å². The number of nitrogens with zero attached hydrogens (tertiary/aromatic N) is 1. The molecule has 0 amide bonds. The number of fused-ring (bicyclic) bond motifs is 15. The molecule has 182 valence electrons. The SMILES string of the molecule is Cc1cnc2cc1c1cccc(c1)c1cccc(c1)c1cccc(c1)c1ccc3ccc4ccc2cc4c3c1. The van der Waals surface area contributed by atoms with Crippen LogP contribution in [0, 0.1) is 6.92 Å². The summed E-state index contributed by atoms with van der Waals surface area (Å²) in [6.45, 7) is 2.15. The summed E-state index contributed by atoms with van der Waals surface area (Å²) in [4.78, 5) is 4.87. The van der Waals surface area contributed by atoms with Crippen LogP contribution in [0.3, 0.4) is 0 Å². The minimum absolute atomic E-state index is 0.992. The number of aryl methyl sites for hydroxylation is 1. The van der Waals surface area contributed by atoms with Crippen molar-refractivity contribution in [3.63, 3.8) is 0 Å². The molecule has 0 aliphatic rings. The summed E-state index contributed by atoms with van der Waals surface area (Å²) in [5.41, 5.74) is 2.17. The van der Waals surface area contributed by atoms with Gasteiger partial charge in [-0.2, -0.15) is 0 Å². The molecule has 0 radical (unpaired) electrons. The second-order valence-corrected chi connectivity index (χ2v) is 10.6. The van der Waals surface area contributed by atoms with Crippen LogP contribution in [0.15, 0.2) is 134 Å². The van der Waals surface area contributed by atoms with Crippen LogP contribution in [0.25, 0.3) is 75.5 Å². The van der Waals surface area contributed by atoms with E-state index in [-0.39, 0.29) is 0 Å². The van der Waals surface area contributed by atoms with Crippen LogP contribution >= 0.6 is 0 Å². The predicted octanol–water partition coefficient (Wildman–Crippen LogP) is 10.6. The first-order valence-corrected chi connectivity index (χ1v) is 13.4. The zero-order valence-electron chi connectivity index (χ0n) is 21.6. The molecule has 12 bridgehead atoms. The van der Waals surface area contributed by atoms with Gasteiger partial charge in [-0.25, -0.2) is 0 Å². The smallest absolute Gasteiger partial charge is 0.0708 e. The normalized spacial score (nSPS) is 11.7. The van der Waals surface area contributed by atoms with Crippen molar-refractivity contribution in [3.8, 4) is 0 Å². The summed E-state index contributed by atoms with van der Waals surface area (Å²) in [5, 5.41) is 15.9. The maximum absolute atomic E-state index is 4.87. The summed E-state index contributed by atoms with van der Waals surface area (Å²) in [5.74, 6) is 0. The third-order valence-corrected chi connectivity index (χ3v) is 8.14. The summed E-state index contributed by atoms with van der Waals surface area (Å²) in [7, 11) is 0. The van der Waals surface area contributed by atoms with Crippen molar-refractivity contribution in [1.29, 1.82) is 0 Å². The van der Waals surface area contributed by atoms with E-state index in [0.717, 1.165) is 10.9 Å². The van der Waals surface area contributed by atoms with E-state index >= 15 is 0 Å². The number of rotatable bonds is 0. The van der Waals surface area contributed by atoms with Crippen LogP contribution in [-0.2, 0) is 0 Å². The van der Waals surface area contributed by atoms with Crippen LogP contribution < -0.4 is 0 Å². The summed E-state index contributed by atoms with van der Waals surface area (Å²) >= 11 is 0. The Morgan fingerprint density at radius 2 is 0.769 bits per heavy atom. The Kier molecular flexibility index (Phi) is 4.80. The molecule has 0 N–H and O–H groups in total. The monoisotopic (exact) mass is 495 g/mol. The fraction of sp³-hybridized carbons (Fsp3) is 0.0263. The maximum atomic E-state index is 4.87. The van der Waals surface area contributed by atoms with Gasteiger partial charge < -0.3 is 0 Å². The molecular weight excluding hydrogens is 470 g/mol. The standard InChI is InChI=1S/C38H25N/c1-24-23-39-38-22-35(24)33-10-4-9-31(19-33)29-7-2-5-27(17-29)28-6-3-8-30(18-28)32-15-13-25-11-12-26-14-16-34(38)21-37(26)36(25)20-32/h2-23H,1H3. The van der Waals surface area contributed by atoms with Gasteiger partial charge >= 0.3 is 0 Å². The quantitative estimate of drug-likeness (QED) is 0.191. The van der Waals surface area contributed by atoms with Crippen molar-refractivity contribution in [2.75, 3.05) is 0 Å². The van der Waals surface area contributed by atoms with Gasteiger partial charge in [-0.05, 0) is 114 Å². The van der Waals surface area contributed by atoms with Crippen LogP contribution in [0.2, 0.25) is 0 Å². The van der Waals surface area contributed by atoms with Gasteiger partial charge in [-0.3, -0.25) is 4.98 Å². The Labute approximate surface area is 226 Å². The molecule has 0 aliphatic carbocycles. The van der Waals surface area contributed by atoms with Crippen molar-refractivity contribution in [3.05, 3.63) is 139 Å². The fourth-order valence-corrected chi connectivity index (χ4v) is 6.00. The average molecular weight is 496 g/mol. The van der Waals surface area contributed by atoms with E-state index < -0.39 is 0 Å². The molecule has 0 saturated heterocycles. The summed E-state index contributed by atoms with van der Waals surface area (Å²) in [6, 6.07) is 46.9. The maximum Gasteiger partial charge on any atom is 0.0708 e. The van der Waals surface area contributed by atoms with Crippen LogP contribution in [0.1, 0.15) is 5.56 Å². The number of aromatic nitrogens is 1. The molecule has 1 aromatic heterocycles. The molecule has 0 atom stereocenters. The van der Waals surface area contributed by atoms with E-state index in [1.807, 2.05) is 6.20 Å². The molecule has 8 rings (SSSR count). The number of hydrogen-bond acceptors (Lipinski definition) is 1. The first kappa shape index (κ1) is 22.0. The van der Waals surface area contributed by atoms with E-state index in [4.69, 9.17) is 4.98 Å². The highest BCUT2D eigenvalue weighted by Gasteiger charge is 2.05. The molecule has 0 spiro atoms. The zero-order valence-corrected chi connectivity index (χ0v) is 21.6. The number of hydrogen-bond donors (Lipinski definition) is 0. The molecule has 1 nitrogen and oxygen atoms in total. The number of pyridine rings is 1. The van der Waals surface area contributed by atoms with Crippen molar-refractivity contribution < 1.29 is 0 Å². The number of benzene rings is 6. The van der Waals surface area contributed by atoms with Gasteiger partial charge in [0.1, 0.15) is 0 Å². The van der Waals surface area contributed by atoms with Gasteiger partial charge in [0.25, 0.3) is 0 Å². The Balaban J connectivity index is 1.64. The predicted molar refractivity (Wildman–Crippen MR) is 169 cm³/mol. The molecule has 0 fully saturated rings. The van der Waals surface area contributed by atoms with E-state index in [9.17, 15) is 0 Å². The molecule has 1 heteroatoms.